The van der Waals surface area contributed by atoms with Crippen molar-refractivity contribution in [1.29, 1.82) is 0 Å². The van der Waals surface area contributed by atoms with Crippen molar-refractivity contribution in [1.82, 2.24) is 5.32 Å². The van der Waals surface area contributed by atoms with Gasteiger partial charge in [-0.2, -0.15) is 0 Å². The minimum absolute atomic E-state index is 0.0706. The molecule has 1 fully saturated rings. The first-order valence-electron chi connectivity index (χ1n) is 21.6. The number of carbonyl (C=O) groups is 6. The Morgan fingerprint density at radius 2 is 0.926 bits per heavy atom. The first-order chi connectivity index (χ1) is 33.2. The van der Waals surface area contributed by atoms with Crippen molar-refractivity contribution in [3.8, 4) is 11.1 Å². The first kappa shape index (κ1) is 46.4. The molecule has 1 saturated heterocycles. The quantitative estimate of drug-likeness (QED) is 0.0750. The summed E-state index contributed by atoms with van der Waals surface area (Å²) in [6, 6.07) is 45.8. The molecule has 6 aromatic rings. The van der Waals surface area contributed by atoms with E-state index in [0.717, 1.165) is 29.4 Å². The number of rotatable bonds is 16. The van der Waals surface area contributed by atoms with Crippen LogP contribution >= 0.6 is 0 Å². The molecule has 68 heavy (non-hydrogen) atoms. The summed E-state index contributed by atoms with van der Waals surface area (Å²) in [5.74, 6) is -4.72. The zero-order chi connectivity index (χ0) is 47.4. The van der Waals surface area contributed by atoms with Crippen LogP contribution in [-0.2, 0) is 42.7 Å². The number of alkyl carbamates (subject to hydrolysis) is 1. The molecule has 0 radical (unpaired) electrons. The Morgan fingerprint density at radius 1 is 0.500 bits per heavy atom. The highest BCUT2D eigenvalue weighted by Crippen LogP contribution is 2.44. The fourth-order valence-corrected chi connectivity index (χ4v) is 7.95. The second-order valence-corrected chi connectivity index (χ2v) is 15.6. The molecule has 0 unspecified atom stereocenters. The third-order valence-electron chi connectivity index (χ3n) is 11.3. The van der Waals surface area contributed by atoms with E-state index < -0.39 is 85.9 Å². The van der Waals surface area contributed by atoms with Gasteiger partial charge in [-0.15, -0.1) is 0 Å². The molecule has 6 atom stereocenters. The molecule has 8 rings (SSSR count). The van der Waals surface area contributed by atoms with Gasteiger partial charge in [0.15, 0.2) is 30.6 Å². The van der Waals surface area contributed by atoms with Crippen molar-refractivity contribution in [3.63, 3.8) is 0 Å². The SMILES string of the molecule is COC(=O)[C@H](CO[C@@H]1O[C@H](COC(=O)c2ccccc2)[C@H](OC(=O)c2ccccc2)[C@H](OC(=O)c2ccccc2)[C@H]1OC(=O)c1ccccc1)NC(=O)OCC1c2ccccc2-c2ccccc21. The predicted octanol–water partition coefficient (Wildman–Crippen LogP) is 7.34. The molecule has 1 aliphatic carbocycles. The molecule has 0 spiro atoms. The third-order valence-corrected chi connectivity index (χ3v) is 11.3. The normalized spacial score (nSPS) is 18.6. The maximum Gasteiger partial charge on any atom is 0.407 e. The van der Waals surface area contributed by atoms with Crippen molar-refractivity contribution in [2.45, 2.75) is 42.7 Å². The summed E-state index contributed by atoms with van der Waals surface area (Å²) in [4.78, 5) is 82.0. The molecule has 1 N–H and O–H groups in total. The van der Waals surface area contributed by atoms with Gasteiger partial charge >= 0.3 is 35.9 Å². The second-order valence-electron chi connectivity index (χ2n) is 15.6. The number of methoxy groups -OCH3 is 1. The molecule has 0 aromatic heterocycles. The Bertz CT molecular complexity index is 2670. The highest BCUT2D eigenvalue weighted by Gasteiger charge is 2.54. The maximum absolute atomic E-state index is 14.0. The van der Waals surface area contributed by atoms with Gasteiger partial charge in [-0.3, -0.25) is 0 Å². The van der Waals surface area contributed by atoms with Crippen LogP contribution < -0.4 is 5.32 Å². The average Bonchev–Trinajstić information content (AvgIpc) is 3.71. The monoisotopic (exact) mass is 919 g/mol. The first-order valence-corrected chi connectivity index (χ1v) is 21.6. The summed E-state index contributed by atoms with van der Waals surface area (Å²) in [5.41, 5.74) is 4.45. The molecular formula is C53H45NO14. The van der Waals surface area contributed by atoms with E-state index in [1.54, 1.807) is 72.8 Å². The Labute approximate surface area is 390 Å². The summed E-state index contributed by atoms with van der Waals surface area (Å²) in [7, 11) is 1.11. The lowest BCUT2D eigenvalue weighted by Gasteiger charge is -2.44. The van der Waals surface area contributed by atoms with Crippen LogP contribution in [0.25, 0.3) is 11.1 Å². The summed E-state index contributed by atoms with van der Waals surface area (Å²) >= 11 is 0. The van der Waals surface area contributed by atoms with Crippen molar-refractivity contribution in [2.24, 2.45) is 0 Å². The second kappa shape index (κ2) is 21.9. The summed E-state index contributed by atoms with van der Waals surface area (Å²) in [6.07, 6.45) is -9.34. The van der Waals surface area contributed by atoms with E-state index >= 15 is 0 Å². The van der Waals surface area contributed by atoms with E-state index in [1.807, 2.05) is 48.5 Å². The van der Waals surface area contributed by atoms with E-state index in [2.05, 4.69) is 5.32 Å². The fourth-order valence-electron chi connectivity index (χ4n) is 7.95. The average molecular weight is 920 g/mol. The summed E-state index contributed by atoms with van der Waals surface area (Å²) < 4.78 is 47.3. The number of amides is 1. The molecule has 1 aliphatic heterocycles. The Morgan fingerprint density at radius 3 is 1.41 bits per heavy atom. The molecule has 15 nitrogen and oxygen atoms in total. The van der Waals surface area contributed by atoms with Crippen LogP contribution in [0.15, 0.2) is 170 Å². The van der Waals surface area contributed by atoms with Gasteiger partial charge < -0.3 is 43.2 Å². The van der Waals surface area contributed by atoms with Gasteiger partial charge in [0.2, 0.25) is 0 Å². The van der Waals surface area contributed by atoms with Crippen molar-refractivity contribution < 1.29 is 66.7 Å². The van der Waals surface area contributed by atoms with Crippen LogP contribution in [0.1, 0.15) is 58.5 Å². The van der Waals surface area contributed by atoms with Gasteiger partial charge in [0, 0.05) is 5.92 Å². The topological polar surface area (TPSA) is 188 Å². The lowest BCUT2D eigenvalue weighted by atomic mass is 9.97. The standard InChI is InChI=1S/C53H45NO14/c1-61-51(59)42(54-53(60)64-30-41-39-28-16-14-26-37(39)38-27-15-17-29-40(38)41)31-63-52-46(68-50(58)36-24-12-5-13-25-36)45(67-49(57)35-22-10-4-11-23-35)44(66-48(56)34-20-8-3-9-21-34)43(65-52)32-62-47(55)33-18-6-2-7-19-33/h2-29,41-46,52H,30-32H2,1H3,(H,54,60)/t42-,43+,44-,45-,46+,52+/m0/s1. The molecule has 2 aliphatic rings. The van der Waals surface area contributed by atoms with Gasteiger partial charge in [0.25, 0.3) is 0 Å². The van der Waals surface area contributed by atoms with Crippen LogP contribution in [0.2, 0.25) is 0 Å². The highest BCUT2D eigenvalue weighted by molar-refractivity contribution is 5.92. The number of hydrogen-bond acceptors (Lipinski definition) is 14. The Hall–Kier alpha value is -8.14. The summed E-state index contributed by atoms with van der Waals surface area (Å²) in [5, 5.41) is 2.50. The minimum Gasteiger partial charge on any atom is -0.467 e. The molecule has 15 heteroatoms. The predicted molar refractivity (Wildman–Crippen MR) is 242 cm³/mol. The number of hydrogen-bond donors (Lipinski definition) is 1. The largest absolute Gasteiger partial charge is 0.467 e. The van der Waals surface area contributed by atoms with Gasteiger partial charge in [-0.25, -0.2) is 28.8 Å². The molecule has 0 saturated carbocycles. The van der Waals surface area contributed by atoms with E-state index in [9.17, 15) is 28.8 Å². The smallest absolute Gasteiger partial charge is 0.407 e. The maximum atomic E-state index is 14.0. The lowest BCUT2D eigenvalue weighted by molar-refractivity contribution is -0.299. The lowest BCUT2D eigenvalue weighted by Crippen LogP contribution is -2.63. The molecule has 6 aromatic carbocycles. The van der Waals surface area contributed by atoms with Gasteiger partial charge in [0.1, 0.15) is 19.3 Å². The molecule has 1 amide bonds. The number of carbonyl (C=O) groups excluding carboxylic acids is 6. The third kappa shape index (κ3) is 10.9. The minimum atomic E-state index is -1.76. The zero-order valence-electron chi connectivity index (χ0n) is 36.5. The van der Waals surface area contributed by atoms with Crippen LogP contribution in [-0.4, -0.2) is 99.6 Å². The number of nitrogens with one attached hydrogen (secondary N) is 1. The van der Waals surface area contributed by atoms with Crippen LogP contribution in [0.3, 0.4) is 0 Å². The number of fused-ring (bicyclic) bond motifs is 3. The fraction of sp³-hybridized carbons (Fsp3) is 0.208. The van der Waals surface area contributed by atoms with Crippen molar-refractivity contribution in [2.75, 3.05) is 26.9 Å². The van der Waals surface area contributed by atoms with Crippen LogP contribution in [0.4, 0.5) is 4.79 Å². The van der Waals surface area contributed by atoms with Crippen LogP contribution in [0, 0.1) is 0 Å². The molecule has 0 bridgehead atoms. The van der Waals surface area contributed by atoms with Crippen molar-refractivity contribution >= 4 is 35.9 Å². The molecular weight excluding hydrogens is 875 g/mol. The summed E-state index contributed by atoms with van der Waals surface area (Å²) in [6.45, 7) is -1.37. The van der Waals surface area contributed by atoms with E-state index in [-0.39, 0.29) is 34.8 Å². The Kier molecular flexibility index (Phi) is 14.9. The van der Waals surface area contributed by atoms with E-state index in [4.69, 9.17) is 37.9 Å². The van der Waals surface area contributed by atoms with Crippen LogP contribution in [0.5, 0.6) is 0 Å². The number of ether oxygens (including phenoxy) is 8. The highest BCUT2D eigenvalue weighted by atomic mass is 16.7. The zero-order valence-corrected chi connectivity index (χ0v) is 36.5. The van der Waals surface area contributed by atoms with Crippen molar-refractivity contribution in [3.05, 3.63) is 203 Å². The number of benzene rings is 6. The van der Waals surface area contributed by atoms with Gasteiger partial charge in [0.05, 0.1) is 36.0 Å². The van der Waals surface area contributed by atoms with Gasteiger partial charge in [-0.1, -0.05) is 121 Å². The Balaban J connectivity index is 1.10. The molecule has 346 valence electrons. The number of esters is 5. The molecule has 1 heterocycles. The van der Waals surface area contributed by atoms with E-state index in [0.29, 0.717) is 0 Å². The van der Waals surface area contributed by atoms with Gasteiger partial charge in [-0.05, 0) is 70.8 Å². The van der Waals surface area contributed by atoms with E-state index in [1.165, 1.54) is 48.5 Å².